The Bertz CT molecular complexity index is 1730. The molecular weight excluding hydrogens is 512 g/mol. The van der Waals surface area contributed by atoms with Crippen LogP contribution >= 0.6 is 0 Å². The van der Waals surface area contributed by atoms with Gasteiger partial charge in [-0.1, -0.05) is 42.5 Å². The number of fused-ring (bicyclic) bond motifs is 2. The SMILES string of the molecule is CC(=O)Nc1cc(C(=O)N2CCC(C)Nc3cc(OCc4ccccc4)ccc32)ccc1-c1ccc2[nH]ccc2c1. The number of rotatable bonds is 6. The molecule has 1 aliphatic heterocycles. The summed E-state index contributed by atoms with van der Waals surface area (Å²) in [4.78, 5) is 31.2. The number of hydrogen-bond acceptors (Lipinski definition) is 4. The molecule has 3 N–H and O–H groups in total. The molecule has 7 nitrogen and oxygen atoms in total. The first kappa shape index (κ1) is 26.2. The van der Waals surface area contributed by atoms with E-state index in [2.05, 4.69) is 28.6 Å². The summed E-state index contributed by atoms with van der Waals surface area (Å²) in [5, 5.41) is 7.56. The van der Waals surface area contributed by atoms with Crippen molar-refractivity contribution in [3.05, 3.63) is 108 Å². The summed E-state index contributed by atoms with van der Waals surface area (Å²) in [6.07, 6.45) is 2.69. The van der Waals surface area contributed by atoms with Crippen molar-refractivity contribution in [2.45, 2.75) is 32.9 Å². The fourth-order valence-corrected chi connectivity index (χ4v) is 5.29. The molecule has 5 aromatic rings. The molecule has 2 amide bonds. The Kier molecular flexibility index (Phi) is 7.17. The van der Waals surface area contributed by atoms with Gasteiger partial charge < -0.3 is 25.3 Å². The van der Waals surface area contributed by atoms with E-state index in [1.165, 1.54) is 6.92 Å². The average molecular weight is 545 g/mol. The summed E-state index contributed by atoms with van der Waals surface area (Å²) >= 11 is 0. The van der Waals surface area contributed by atoms with E-state index in [4.69, 9.17) is 4.74 Å². The summed E-state index contributed by atoms with van der Waals surface area (Å²) in [5.74, 6) is 0.414. The van der Waals surface area contributed by atoms with Gasteiger partial charge in [0.25, 0.3) is 5.91 Å². The largest absolute Gasteiger partial charge is 0.489 e. The van der Waals surface area contributed by atoms with E-state index in [1.807, 2.05) is 90.0 Å². The summed E-state index contributed by atoms with van der Waals surface area (Å²) in [6.45, 7) is 4.61. The van der Waals surface area contributed by atoms with E-state index < -0.39 is 0 Å². The monoisotopic (exact) mass is 544 g/mol. The summed E-state index contributed by atoms with van der Waals surface area (Å²) < 4.78 is 6.06. The van der Waals surface area contributed by atoms with Crippen LogP contribution in [0.25, 0.3) is 22.0 Å². The minimum Gasteiger partial charge on any atom is -0.489 e. The predicted octanol–water partition coefficient (Wildman–Crippen LogP) is 7.22. The Morgan fingerprint density at radius 2 is 1.83 bits per heavy atom. The third-order valence-electron chi connectivity index (χ3n) is 7.38. The number of carbonyl (C=O) groups excluding carboxylic acids is 2. The van der Waals surface area contributed by atoms with Crippen molar-refractivity contribution < 1.29 is 14.3 Å². The fourth-order valence-electron chi connectivity index (χ4n) is 5.29. The number of aromatic nitrogens is 1. The molecule has 4 aromatic carbocycles. The molecule has 1 aliphatic rings. The topological polar surface area (TPSA) is 86.5 Å². The molecule has 0 radical (unpaired) electrons. The third kappa shape index (κ3) is 5.65. The van der Waals surface area contributed by atoms with Crippen molar-refractivity contribution in [1.82, 2.24) is 4.98 Å². The maximum Gasteiger partial charge on any atom is 0.258 e. The quantitative estimate of drug-likeness (QED) is 0.211. The van der Waals surface area contributed by atoms with Crippen LogP contribution < -0.4 is 20.3 Å². The first-order valence-corrected chi connectivity index (χ1v) is 13.8. The maximum absolute atomic E-state index is 14.0. The number of nitrogens with zero attached hydrogens (tertiary/aromatic N) is 1. The molecule has 0 fully saturated rings. The van der Waals surface area contributed by atoms with Crippen LogP contribution in [0.5, 0.6) is 5.75 Å². The van der Waals surface area contributed by atoms with E-state index in [-0.39, 0.29) is 17.9 Å². The molecule has 41 heavy (non-hydrogen) atoms. The molecule has 0 saturated carbocycles. The van der Waals surface area contributed by atoms with Crippen LogP contribution in [0, 0.1) is 0 Å². The van der Waals surface area contributed by atoms with Crippen molar-refractivity contribution in [2.24, 2.45) is 0 Å². The van der Waals surface area contributed by atoms with Crippen molar-refractivity contribution in [1.29, 1.82) is 0 Å². The first-order chi connectivity index (χ1) is 19.9. The highest BCUT2D eigenvalue weighted by Crippen LogP contribution is 2.36. The Labute approximate surface area is 239 Å². The lowest BCUT2D eigenvalue weighted by molar-refractivity contribution is -0.114. The molecule has 0 bridgehead atoms. The summed E-state index contributed by atoms with van der Waals surface area (Å²) in [5.41, 5.74) is 6.70. The summed E-state index contributed by atoms with van der Waals surface area (Å²) in [6, 6.07) is 29.6. The van der Waals surface area contributed by atoms with Crippen molar-refractivity contribution in [3.8, 4) is 16.9 Å². The van der Waals surface area contributed by atoms with Crippen LogP contribution in [-0.4, -0.2) is 29.4 Å². The smallest absolute Gasteiger partial charge is 0.258 e. The van der Waals surface area contributed by atoms with E-state index in [9.17, 15) is 9.59 Å². The number of hydrogen-bond donors (Lipinski definition) is 3. The molecule has 7 heteroatoms. The van der Waals surface area contributed by atoms with Gasteiger partial charge in [-0.25, -0.2) is 0 Å². The average Bonchev–Trinajstić information content (AvgIpc) is 3.38. The van der Waals surface area contributed by atoms with Gasteiger partial charge in [-0.2, -0.15) is 0 Å². The van der Waals surface area contributed by atoms with Crippen molar-refractivity contribution in [2.75, 3.05) is 22.1 Å². The van der Waals surface area contributed by atoms with Crippen molar-refractivity contribution >= 4 is 39.8 Å². The Balaban J connectivity index is 1.31. The zero-order valence-electron chi connectivity index (χ0n) is 23.1. The number of H-pyrrole nitrogens is 1. The highest BCUT2D eigenvalue weighted by atomic mass is 16.5. The molecule has 1 unspecified atom stereocenters. The van der Waals surface area contributed by atoms with Gasteiger partial charge >= 0.3 is 0 Å². The third-order valence-corrected chi connectivity index (χ3v) is 7.38. The first-order valence-electron chi connectivity index (χ1n) is 13.8. The predicted molar refractivity (Wildman–Crippen MR) is 165 cm³/mol. The molecule has 0 saturated heterocycles. The second-order valence-corrected chi connectivity index (χ2v) is 10.5. The standard InChI is InChI=1S/C34H32N4O3/c1-22-15-17-38(33-13-10-28(20-32(33)36-22)41-21-24-6-4-3-5-7-24)34(40)27-8-11-29(31(19-27)37-23(2)39)25-9-12-30-26(18-25)14-16-35-30/h3-14,16,18-20,22,35-36H,15,17,21H2,1-2H3,(H,37,39). The van der Waals surface area contributed by atoms with E-state index in [1.54, 1.807) is 6.07 Å². The number of carbonyl (C=O) groups is 2. The molecule has 1 aromatic heterocycles. The number of nitrogens with one attached hydrogen (secondary N) is 3. The Morgan fingerprint density at radius 1 is 0.976 bits per heavy atom. The van der Waals surface area contributed by atoms with Crippen LogP contribution in [0.15, 0.2) is 97.2 Å². The van der Waals surface area contributed by atoms with E-state index in [0.29, 0.717) is 24.4 Å². The van der Waals surface area contributed by atoms with Crippen LogP contribution in [0.4, 0.5) is 17.1 Å². The number of aromatic amines is 1. The summed E-state index contributed by atoms with van der Waals surface area (Å²) in [7, 11) is 0. The molecule has 0 aliphatic carbocycles. The fraction of sp³-hybridized carbons (Fsp3) is 0.176. The minimum atomic E-state index is -0.195. The van der Waals surface area contributed by atoms with Gasteiger partial charge in [0.05, 0.1) is 11.4 Å². The number of benzene rings is 4. The highest BCUT2D eigenvalue weighted by Gasteiger charge is 2.26. The highest BCUT2D eigenvalue weighted by molar-refractivity contribution is 6.10. The number of anilines is 3. The van der Waals surface area contributed by atoms with Crippen LogP contribution in [0.2, 0.25) is 0 Å². The van der Waals surface area contributed by atoms with Crippen LogP contribution in [0.3, 0.4) is 0 Å². The molecule has 206 valence electrons. The molecule has 0 spiro atoms. The van der Waals surface area contributed by atoms with Gasteiger partial charge in [-0.05, 0) is 72.3 Å². The minimum absolute atomic E-state index is 0.126. The lowest BCUT2D eigenvalue weighted by Crippen LogP contribution is -2.32. The maximum atomic E-state index is 14.0. The lowest BCUT2D eigenvalue weighted by atomic mass is 9.99. The molecule has 2 heterocycles. The van der Waals surface area contributed by atoms with Crippen LogP contribution in [-0.2, 0) is 11.4 Å². The van der Waals surface area contributed by atoms with Gasteiger partial charge in [0.15, 0.2) is 0 Å². The van der Waals surface area contributed by atoms with Gasteiger partial charge in [0.2, 0.25) is 5.91 Å². The Hall–Kier alpha value is -5.04. The molecule has 1 atom stereocenters. The van der Waals surface area contributed by atoms with Crippen molar-refractivity contribution in [3.63, 3.8) is 0 Å². The zero-order chi connectivity index (χ0) is 28.3. The van der Waals surface area contributed by atoms with Gasteiger partial charge in [-0.3, -0.25) is 9.59 Å². The van der Waals surface area contributed by atoms with Gasteiger partial charge in [0.1, 0.15) is 12.4 Å². The second kappa shape index (κ2) is 11.2. The zero-order valence-corrected chi connectivity index (χ0v) is 23.1. The van der Waals surface area contributed by atoms with Crippen LogP contribution in [0.1, 0.15) is 36.2 Å². The van der Waals surface area contributed by atoms with E-state index >= 15 is 0 Å². The lowest BCUT2D eigenvalue weighted by Gasteiger charge is -2.24. The second-order valence-electron chi connectivity index (χ2n) is 10.5. The van der Waals surface area contributed by atoms with E-state index in [0.717, 1.165) is 51.1 Å². The molecular formula is C34H32N4O3. The number of ether oxygens (including phenoxy) is 1. The number of amides is 2. The van der Waals surface area contributed by atoms with Gasteiger partial charge in [-0.15, -0.1) is 0 Å². The normalized spacial score (nSPS) is 14.6. The molecule has 6 rings (SSSR count). The Morgan fingerprint density at radius 3 is 2.66 bits per heavy atom. The van der Waals surface area contributed by atoms with Gasteiger partial charge in [0, 0.05) is 54.1 Å².